The van der Waals surface area contributed by atoms with Gasteiger partial charge in [0.25, 0.3) is 0 Å². The highest BCUT2D eigenvalue weighted by Gasteiger charge is 2.20. The van der Waals surface area contributed by atoms with Crippen molar-refractivity contribution in [3.63, 3.8) is 0 Å². The monoisotopic (exact) mass is 342 g/mol. The molecule has 2 aromatic rings. The molecule has 2 aromatic carbocycles. The van der Waals surface area contributed by atoms with Crippen LogP contribution in [0.5, 0.6) is 0 Å². The van der Waals surface area contributed by atoms with E-state index in [1.165, 1.54) is 23.4 Å². The van der Waals surface area contributed by atoms with Crippen molar-refractivity contribution >= 4 is 28.8 Å². The molecular formula is C19H26N4S. The second-order valence-electron chi connectivity index (χ2n) is 6.57. The molecule has 0 amide bonds. The number of nitrogen functional groups attached to an aromatic ring is 2. The van der Waals surface area contributed by atoms with E-state index in [9.17, 15) is 0 Å². The molecule has 0 radical (unpaired) electrons. The molecule has 1 saturated heterocycles. The van der Waals surface area contributed by atoms with Gasteiger partial charge in [0.15, 0.2) is 0 Å². The highest BCUT2D eigenvalue weighted by Crippen LogP contribution is 2.32. The first-order valence-corrected chi connectivity index (χ1v) is 9.19. The molecule has 1 aliphatic heterocycles. The molecule has 0 bridgehead atoms. The lowest BCUT2D eigenvalue weighted by molar-refractivity contribution is 0.249. The fourth-order valence-corrected chi connectivity index (χ4v) is 3.98. The van der Waals surface area contributed by atoms with E-state index in [1.807, 2.05) is 18.2 Å². The van der Waals surface area contributed by atoms with E-state index in [-0.39, 0.29) is 0 Å². The highest BCUT2D eigenvalue weighted by atomic mass is 32.2. The van der Waals surface area contributed by atoms with Crippen molar-refractivity contribution in [3.8, 4) is 0 Å². The van der Waals surface area contributed by atoms with Crippen LogP contribution in [-0.4, -0.2) is 38.1 Å². The summed E-state index contributed by atoms with van der Waals surface area (Å²) in [4.78, 5) is 7.15. The average Bonchev–Trinajstić information content (AvgIpc) is 2.59. The Morgan fingerprint density at radius 2 is 1.54 bits per heavy atom. The molecule has 0 atom stereocenters. The van der Waals surface area contributed by atoms with E-state index in [2.05, 4.69) is 48.2 Å². The maximum absolute atomic E-state index is 5.88. The molecule has 0 unspecified atom stereocenters. The number of hydrogen-bond acceptors (Lipinski definition) is 5. The molecular weight excluding hydrogens is 316 g/mol. The Labute approximate surface area is 148 Å². The van der Waals surface area contributed by atoms with Gasteiger partial charge in [-0.1, -0.05) is 11.8 Å². The standard InChI is InChI=1S/C19H26N4S/c1-22(2)14-9-11-23(12-10-14)15-3-5-16(6-4-15)24-17-7-8-18(20)19(21)13-17/h3-8,13-14H,9-12,20-21H2,1-2H3. The van der Waals surface area contributed by atoms with Crippen molar-refractivity contribution in [1.29, 1.82) is 0 Å². The van der Waals surface area contributed by atoms with Crippen molar-refractivity contribution in [2.75, 3.05) is 43.6 Å². The van der Waals surface area contributed by atoms with Crippen molar-refractivity contribution in [2.24, 2.45) is 0 Å². The molecule has 4 N–H and O–H groups in total. The van der Waals surface area contributed by atoms with Gasteiger partial charge < -0.3 is 21.3 Å². The van der Waals surface area contributed by atoms with Gasteiger partial charge in [-0.2, -0.15) is 0 Å². The molecule has 4 nitrogen and oxygen atoms in total. The van der Waals surface area contributed by atoms with Crippen LogP contribution in [0.2, 0.25) is 0 Å². The lowest BCUT2D eigenvalue weighted by atomic mass is 10.0. The van der Waals surface area contributed by atoms with E-state index in [1.54, 1.807) is 11.8 Å². The summed E-state index contributed by atoms with van der Waals surface area (Å²) in [6, 6.07) is 15.3. The topological polar surface area (TPSA) is 58.5 Å². The first-order valence-electron chi connectivity index (χ1n) is 8.37. The molecule has 5 heteroatoms. The van der Waals surface area contributed by atoms with Crippen LogP contribution in [-0.2, 0) is 0 Å². The summed E-state index contributed by atoms with van der Waals surface area (Å²) < 4.78 is 0. The number of piperidine rings is 1. The first kappa shape index (κ1) is 17.0. The van der Waals surface area contributed by atoms with Crippen LogP contribution < -0.4 is 16.4 Å². The maximum atomic E-state index is 5.88. The van der Waals surface area contributed by atoms with Gasteiger partial charge in [-0.3, -0.25) is 0 Å². The fraction of sp³-hybridized carbons (Fsp3) is 0.368. The van der Waals surface area contributed by atoms with Crippen molar-refractivity contribution < 1.29 is 0 Å². The largest absolute Gasteiger partial charge is 0.397 e. The molecule has 0 saturated carbocycles. The SMILES string of the molecule is CN(C)C1CCN(c2ccc(Sc3ccc(N)c(N)c3)cc2)CC1. The van der Waals surface area contributed by atoms with Crippen LogP contribution in [0.4, 0.5) is 17.1 Å². The molecule has 1 aliphatic rings. The number of nitrogens with zero attached hydrogens (tertiary/aromatic N) is 2. The Bertz CT molecular complexity index is 676. The molecule has 0 aromatic heterocycles. The number of rotatable bonds is 4. The van der Waals surface area contributed by atoms with Crippen LogP contribution in [0.15, 0.2) is 52.3 Å². The van der Waals surface area contributed by atoms with Gasteiger partial charge in [0.1, 0.15) is 0 Å². The summed E-state index contributed by atoms with van der Waals surface area (Å²) in [5.74, 6) is 0. The second-order valence-corrected chi connectivity index (χ2v) is 7.72. The van der Waals surface area contributed by atoms with Crippen molar-refractivity contribution in [3.05, 3.63) is 42.5 Å². The summed E-state index contributed by atoms with van der Waals surface area (Å²) in [6.45, 7) is 2.26. The lowest BCUT2D eigenvalue weighted by Gasteiger charge is -2.36. The van der Waals surface area contributed by atoms with E-state index < -0.39 is 0 Å². The van der Waals surface area contributed by atoms with E-state index in [4.69, 9.17) is 11.5 Å². The van der Waals surface area contributed by atoms with Gasteiger partial charge in [-0.05, 0) is 69.4 Å². The van der Waals surface area contributed by atoms with Crippen molar-refractivity contribution in [1.82, 2.24) is 4.90 Å². The summed E-state index contributed by atoms with van der Waals surface area (Å²) in [7, 11) is 4.35. The molecule has 0 aliphatic carbocycles. The molecule has 1 heterocycles. The zero-order valence-electron chi connectivity index (χ0n) is 14.4. The zero-order valence-corrected chi connectivity index (χ0v) is 15.2. The number of hydrogen-bond donors (Lipinski definition) is 2. The summed E-state index contributed by atoms with van der Waals surface area (Å²) in [5, 5.41) is 0. The predicted octanol–water partition coefficient (Wildman–Crippen LogP) is 3.53. The minimum Gasteiger partial charge on any atom is -0.397 e. The number of benzene rings is 2. The predicted molar refractivity (Wildman–Crippen MR) is 105 cm³/mol. The maximum Gasteiger partial charge on any atom is 0.0559 e. The Hall–Kier alpha value is -1.85. The van der Waals surface area contributed by atoms with Gasteiger partial charge in [0, 0.05) is 34.6 Å². The average molecular weight is 343 g/mol. The van der Waals surface area contributed by atoms with Gasteiger partial charge >= 0.3 is 0 Å². The van der Waals surface area contributed by atoms with E-state index in [0.717, 1.165) is 18.0 Å². The molecule has 3 rings (SSSR count). The third-order valence-electron chi connectivity index (χ3n) is 4.69. The number of anilines is 3. The van der Waals surface area contributed by atoms with Gasteiger partial charge in [0.05, 0.1) is 11.4 Å². The van der Waals surface area contributed by atoms with Gasteiger partial charge in [-0.25, -0.2) is 0 Å². The lowest BCUT2D eigenvalue weighted by Crippen LogP contribution is -2.41. The minimum atomic E-state index is 0.635. The van der Waals surface area contributed by atoms with Crippen molar-refractivity contribution in [2.45, 2.75) is 28.7 Å². The first-order chi connectivity index (χ1) is 11.5. The van der Waals surface area contributed by atoms with E-state index >= 15 is 0 Å². The van der Waals surface area contributed by atoms with Crippen LogP contribution in [0.3, 0.4) is 0 Å². The normalized spacial score (nSPS) is 15.9. The Morgan fingerprint density at radius 3 is 2.12 bits per heavy atom. The summed E-state index contributed by atoms with van der Waals surface area (Å²) >= 11 is 1.71. The Morgan fingerprint density at radius 1 is 0.917 bits per heavy atom. The van der Waals surface area contributed by atoms with E-state index in [0.29, 0.717) is 17.4 Å². The van der Waals surface area contributed by atoms with Crippen LogP contribution in [0, 0.1) is 0 Å². The van der Waals surface area contributed by atoms with Gasteiger partial charge in [-0.15, -0.1) is 0 Å². The Balaban J connectivity index is 1.62. The van der Waals surface area contributed by atoms with Crippen LogP contribution in [0.25, 0.3) is 0 Å². The van der Waals surface area contributed by atoms with Crippen LogP contribution in [0.1, 0.15) is 12.8 Å². The van der Waals surface area contributed by atoms with Crippen LogP contribution >= 0.6 is 11.8 Å². The zero-order chi connectivity index (χ0) is 17.1. The molecule has 0 spiro atoms. The summed E-state index contributed by atoms with van der Waals surface area (Å²) in [5.41, 5.74) is 14.2. The highest BCUT2D eigenvalue weighted by molar-refractivity contribution is 7.99. The third kappa shape index (κ3) is 3.97. The number of nitrogens with two attached hydrogens (primary N) is 2. The molecule has 1 fully saturated rings. The Kier molecular flexibility index (Phi) is 5.21. The smallest absolute Gasteiger partial charge is 0.0559 e. The minimum absolute atomic E-state index is 0.635. The molecule has 24 heavy (non-hydrogen) atoms. The summed E-state index contributed by atoms with van der Waals surface area (Å²) in [6.07, 6.45) is 2.46. The third-order valence-corrected chi connectivity index (χ3v) is 5.69. The van der Waals surface area contributed by atoms with Gasteiger partial charge in [0.2, 0.25) is 0 Å². The molecule has 128 valence electrons. The fourth-order valence-electron chi connectivity index (χ4n) is 3.12. The quantitative estimate of drug-likeness (QED) is 0.833. The second kappa shape index (κ2) is 7.36.